The van der Waals surface area contributed by atoms with Gasteiger partial charge in [-0.05, 0) is 24.3 Å². The van der Waals surface area contributed by atoms with Crippen molar-refractivity contribution in [1.82, 2.24) is 10.2 Å². The Labute approximate surface area is 143 Å². The summed E-state index contributed by atoms with van der Waals surface area (Å²) in [5.74, 6) is 1.54. The minimum absolute atomic E-state index is 0. The average Bonchev–Trinajstić information content (AvgIpc) is 2.56. The molecule has 23 heavy (non-hydrogen) atoms. The molecule has 2 rings (SSSR count). The topological polar surface area (TPSA) is 60.0 Å². The van der Waals surface area contributed by atoms with Gasteiger partial charge in [-0.1, -0.05) is 0 Å². The summed E-state index contributed by atoms with van der Waals surface area (Å²) in [6.07, 6.45) is 0.356. The van der Waals surface area contributed by atoms with E-state index in [2.05, 4.69) is 10.2 Å². The molecule has 0 atom stereocenters. The molecule has 6 nitrogen and oxygen atoms in total. The lowest BCUT2D eigenvalue weighted by atomic mass is 10.3. The van der Waals surface area contributed by atoms with Crippen LogP contribution in [0.15, 0.2) is 24.3 Å². The third-order valence-corrected chi connectivity index (χ3v) is 3.51. The van der Waals surface area contributed by atoms with Gasteiger partial charge in [0, 0.05) is 26.2 Å². The van der Waals surface area contributed by atoms with Gasteiger partial charge in [-0.3, -0.25) is 9.69 Å². The highest BCUT2D eigenvalue weighted by Gasteiger charge is 2.10. The Morgan fingerprint density at radius 3 is 2.52 bits per heavy atom. The molecule has 1 N–H and O–H groups in total. The van der Waals surface area contributed by atoms with Crippen LogP contribution < -0.4 is 14.8 Å². The number of nitrogens with zero attached hydrogens (tertiary/aromatic N) is 1. The molecule has 1 saturated heterocycles. The fraction of sp³-hybridized carbons (Fsp3) is 0.562. The van der Waals surface area contributed by atoms with Gasteiger partial charge in [0.1, 0.15) is 11.5 Å². The largest absolute Gasteiger partial charge is 0.497 e. The molecule has 0 radical (unpaired) electrons. The number of methoxy groups -OCH3 is 1. The lowest BCUT2D eigenvalue weighted by Crippen LogP contribution is -2.41. The molecule has 0 spiro atoms. The number of ether oxygens (including phenoxy) is 3. The summed E-state index contributed by atoms with van der Waals surface area (Å²) in [6.45, 7) is 5.35. The molecule has 0 aliphatic carbocycles. The van der Waals surface area contributed by atoms with E-state index in [1.165, 1.54) is 0 Å². The molecule has 0 unspecified atom stereocenters. The van der Waals surface area contributed by atoms with Gasteiger partial charge in [-0.15, -0.1) is 12.4 Å². The van der Waals surface area contributed by atoms with Gasteiger partial charge in [0.05, 0.1) is 33.4 Å². The fourth-order valence-electron chi connectivity index (χ4n) is 2.20. The van der Waals surface area contributed by atoms with Gasteiger partial charge < -0.3 is 19.5 Å². The van der Waals surface area contributed by atoms with E-state index in [1.54, 1.807) is 7.11 Å². The predicted octanol–water partition coefficient (Wildman–Crippen LogP) is 1.33. The lowest BCUT2D eigenvalue weighted by Gasteiger charge is -2.26. The Hall–Kier alpha value is -1.50. The minimum Gasteiger partial charge on any atom is -0.497 e. The van der Waals surface area contributed by atoms with Crippen molar-refractivity contribution in [2.75, 3.05) is 53.1 Å². The van der Waals surface area contributed by atoms with Gasteiger partial charge >= 0.3 is 0 Å². The quantitative estimate of drug-likeness (QED) is 0.771. The van der Waals surface area contributed by atoms with Gasteiger partial charge in [-0.25, -0.2) is 0 Å². The van der Waals surface area contributed by atoms with Crippen LogP contribution in [0.25, 0.3) is 0 Å². The maximum Gasteiger partial charge on any atom is 0.223 e. The number of hydrogen-bond donors (Lipinski definition) is 1. The molecule has 1 aromatic carbocycles. The zero-order valence-electron chi connectivity index (χ0n) is 13.5. The maximum absolute atomic E-state index is 11.7. The van der Waals surface area contributed by atoms with Gasteiger partial charge in [0.2, 0.25) is 5.91 Å². The number of carbonyl (C=O) groups excluding carboxylic acids is 1. The second-order valence-electron chi connectivity index (χ2n) is 5.08. The van der Waals surface area contributed by atoms with Gasteiger partial charge in [0.15, 0.2) is 0 Å². The van der Waals surface area contributed by atoms with E-state index in [-0.39, 0.29) is 18.3 Å². The Balaban J connectivity index is 0.00000264. The molecule has 1 amide bonds. The van der Waals surface area contributed by atoms with Crippen molar-refractivity contribution >= 4 is 18.3 Å². The SMILES string of the molecule is COc1ccc(OCCC(=O)NCCN2CCOCC2)cc1.Cl. The maximum atomic E-state index is 11.7. The molecular weight excluding hydrogens is 320 g/mol. The van der Waals surface area contributed by atoms with Crippen molar-refractivity contribution in [1.29, 1.82) is 0 Å². The number of amides is 1. The number of hydrogen-bond acceptors (Lipinski definition) is 5. The van der Waals surface area contributed by atoms with Crippen LogP contribution in [0.3, 0.4) is 0 Å². The minimum atomic E-state index is 0. The normalized spacial score (nSPS) is 14.7. The number of benzene rings is 1. The van der Waals surface area contributed by atoms with Crippen molar-refractivity contribution in [2.45, 2.75) is 6.42 Å². The van der Waals surface area contributed by atoms with Crippen LogP contribution in [-0.4, -0.2) is 63.9 Å². The number of halogens is 1. The van der Waals surface area contributed by atoms with Gasteiger partial charge in [-0.2, -0.15) is 0 Å². The first-order chi connectivity index (χ1) is 10.8. The smallest absolute Gasteiger partial charge is 0.223 e. The first-order valence-corrected chi connectivity index (χ1v) is 7.61. The third-order valence-electron chi connectivity index (χ3n) is 3.51. The van der Waals surface area contributed by atoms with E-state index in [0.29, 0.717) is 19.6 Å². The molecule has 7 heteroatoms. The van der Waals surface area contributed by atoms with Crippen LogP contribution in [0, 0.1) is 0 Å². The van der Waals surface area contributed by atoms with Crippen LogP contribution in [-0.2, 0) is 9.53 Å². The van der Waals surface area contributed by atoms with Crippen molar-refractivity contribution in [3.05, 3.63) is 24.3 Å². The Kier molecular flexibility index (Phi) is 9.43. The van der Waals surface area contributed by atoms with Crippen molar-refractivity contribution in [2.24, 2.45) is 0 Å². The van der Waals surface area contributed by atoms with E-state index in [1.807, 2.05) is 24.3 Å². The Bertz CT molecular complexity index is 450. The molecule has 0 saturated carbocycles. The number of morpholine rings is 1. The molecule has 0 bridgehead atoms. The lowest BCUT2D eigenvalue weighted by molar-refractivity contribution is -0.121. The standard InChI is InChI=1S/C16H24N2O4.ClH/c1-20-14-2-4-15(5-3-14)22-11-6-16(19)17-7-8-18-9-12-21-13-10-18;/h2-5H,6-13H2,1H3,(H,17,19);1H. The second kappa shape index (κ2) is 11.1. The van der Waals surface area contributed by atoms with E-state index >= 15 is 0 Å². The van der Waals surface area contributed by atoms with E-state index in [0.717, 1.165) is 44.3 Å². The van der Waals surface area contributed by atoms with Crippen molar-refractivity contribution < 1.29 is 19.0 Å². The zero-order chi connectivity index (χ0) is 15.6. The summed E-state index contributed by atoms with van der Waals surface area (Å²) in [7, 11) is 1.62. The highest BCUT2D eigenvalue weighted by molar-refractivity contribution is 5.85. The van der Waals surface area contributed by atoms with Crippen molar-refractivity contribution in [3.8, 4) is 11.5 Å². The van der Waals surface area contributed by atoms with Crippen LogP contribution in [0.1, 0.15) is 6.42 Å². The van der Waals surface area contributed by atoms with Crippen LogP contribution in [0.5, 0.6) is 11.5 Å². The highest BCUT2D eigenvalue weighted by Crippen LogP contribution is 2.16. The molecule has 1 heterocycles. The molecule has 1 aliphatic rings. The number of carbonyl (C=O) groups is 1. The zero-order valence-corrected chi connectivity index (χ0v) is 14.3. The second-order valence-corrected chi connectivity index (χ2v) is 5.08. The van der Waals surface area contributed by atoms with Crippen molar-refractivity contribution in [3.63, 3.8) is 0 Å². The van der Waals surface area contributed by atoms with Crippen LogP contribution in [0.4, 0.5) is 0 Å². The monoisotopic (exact) mass is 344 g/mol. The summed E-state index contributed by atoms with van der Waals surface area (Å²) in [4.78, 5) is 14.0. The molecule has 1 fully saturated rings. The molecule has 1 aliphatic heterocycles. The summed E-state index contributed by atoms with van der Waals surface area (Å²) >= 11 is 0. The predicted molar refractivity (Wildman–Crippen MR) is 90.6 cm³/mol. The summed E-state index contributed by atoms with van der Waals surface area (Å²) in [5, 5.41) is 2.91. The summed E-state index contributed by atoms with van der Waals surface area (Å²) < 4.78 is 15.9. The summed E-state index contributed by atoms with van der Waals surface area (Å²) in [6, 6.07) is 7.32. The average molecular weight is 345 g/mol. The molecule has 0 aromatic heterocycles. The van der Waals surface area contributed by atoms with Crippen LogP contribution >= 0.6 is 12.4 Å². The van der Waals surface area contributed by atoms with Gasteiger partial charge in [0.25, 0.3) is 0 Å². The number of rotatable bonds is 8. The first-order valence-electron chi connectivity index (χ1n) is 7.61. The first kappa shape index (κ1) is 19.5. The molecular formula is C16H25ClN2O4. The highest BCUT2D eigenvalue weighted by atomic mass is 35.5. The van der Waals surface area contributed by atoms with E-state index in [9.17, 15) is 4.79 Å². The third kappa shape index (κ3) is 7.54. The van der Waals surface area contributed by atoms with E-state index < -0.39 is 0 Å². The molecule has 1 aromatic rings. The van der Waals surface area contributed by atoms with E-state index in [4.69, 9.17) is 14.2 Å². The fourth-order valence-corrected chi connectivity index (χ4v) is 2.20. The summed E-state index contributed by atoms with van der Waals surface area (Å²) in [5.41, 5.74) is 0. The number of nitrogens with one attached hydrogen (secondary N) is 1. The Morgan fingerprint density at radius 2 is 1.87 bits per heavy atom. The Morgan fingerprint density at radius 1 is 1.22 bits per heavy atom. The molecule has 130 valence electrons. The van der Waals surface area contributed by atoms with Crippen LogP contribution in [0.2, 0.25) is 0 Å².